The number of hydrogen-bond donors (Lipinski definition) is 2. The predicted octanol–water partition coefficient (Wildman–Crippen LogP) is 5.14. The molecule has 0 bridgehead atoms. The van der Waals surface area contributed by atoms with E-state index in [1.807, 2.05) is 66.7 Å². The smallest absolute Gasteiger partial charge is 0.407 e. The van der Waals surface area contributed by atoms with E-state index in [4.69, 9.17) is 9.47 Å². The third-order valence-electron chi connectivity index (χ3n) is 7.40. The number of amides is 2. The average molecular weight is 593 g/mol. The summed E-state index contributed by atoms with van der Waals surface area (Å²) >= 11 is 0. The van der Waals surface area contributed by atoms with Gasteiger partial charge in [0.05, 0.1) is 6.42 Å². The Labute approximate surface area is 255 Å². The van der Waals surface area contributed by atoms with Crippen LogP contribution in [-0.2, 0) is 37.0 Å². The van der Waals surface area contributed by atoms with Gasteiger partial charge in [-0.3, -0.25) is 14.4 Å². The number of carbonyl (C=O) groups is 4. The molecule has 9 nitrogen and oxygen atoms in total. The number of ether oxygens (including phenoxy) is 2. The van der Waals surface area contributed by atoms with Crippen LogP contribution in [0.2, 0.25) is 0 Å². The minimum Gasteiger partial charge on any atom is -0.480 e. The standard InChI is InChI=1S/C35H32N2O7/c38-32(39)21-37(20-24-11-3-1-4-12-24)34(41)31(19-33(40)43-22-25-13-5-2-6-14-25)36-35(42)44-23-30-28-17-9-7-15-26(28)27-16-8-10-18-29(27)30/h1-18,30-31H,19-23H2,(H,36,42)(H,38,39)/t31-/m0/s1. The molecule has 4 aromatic rings. The normalized spacial score (nSPS) is 12.4. The molecule has 0 radical (unpaired) electrons. The SMILES string of the molecule is O=C(O)CN(Cc1ccccc1)C(=O)[C@H](CC(=O)OCc1ccccc1)NC(=O)OCC1c2ccccc2-c2ccccc21. The summed E-state index contributed by atoms with van der Waals surface area (Å²) in [6.07, 6.45) is -1.42. The van der Waals surface area contributed by atoms with Crippen LogP contribution in [0.15, 0.2) is 109 Å². The number of fused-ring (bicyclic) bond motifs is 3. The number of carboxylic acid groups (broad SMARTS) is 1. The Bertz CT molecular complexity index is 1580. The average Bonchev–Trinajstić information content (AvgIpc) is 3.36. The third-order valence-corrected chi connectivity index (χ3v) is 7.40. The van der Waals surface area contributed by atoms with E-state index >= 15 is 0 Å². The van der Waals surface area contributed by atoms with Crippen molar-refractivity contribution >= 4 is 23.9 Å². The Kier molecular flexibility index (Phi) is 9.66. The van der Waals surface area contributed by atoms with Gasteiger partial charge in [0.15, 0.2) is 0 Å². The van der Waals surface area contributed by atoms with Crippen molar-refractivity contribution in [3.05, 3.63) is 131 Å². The summed E-state index contributed by atoms with van der Waals surface area (Å²) in [6, 6.07) is 32.3. The van der Waals surface area contributed by atoms with Crippen molar-refractivity contribution in [1.82, 2.24) is 10.2 Å². The van der Waals surface area contributed by atoms with E-state index in [2.05, 4.69) is 5.32 Å². The maximum Gasteiger partial charge on any atom is 0.407 e. The van der Waals surface area contributed by atoms with Crippen LogP contribution < -0.4 is 5.32 Å². The predicted molar refractivity (Wildman–Crippen MR) is 162 cm³/mol. The molecule has 0 saturated heterocycles. The summed E-state index contributed by atoms with van der Waals surface area (Å²) in [4.78, 5) is 52.5. The molecule has 0 spiro atoms. The van der Waals surface area contributed by atoms with Crippen LogP contribution in [0.3, 0.4) is 0 Å². The van der Waals surface area contributed by atoms with E-state index in [-0.39, 0.29) is 25.7 Å². The molecule has 44 heavy (non-hydrogen) atoms. The number of aliphatic carboxylic acids is 1. The van der Waals surface area contributed by atoms with E-state index < -0.39 is 42.9 Å². The van der Waals surface area contributed by atoms with Crippen molar-refractivity contribution < 1.29 is 33.8 Å². The van der Waals surface area contributed by atoms with Gasteiger partial charge in [-0.25, -0.2) is 4.79 Å². The number of rotatable bonds is 12. The summed E-state index contributed by atoms with van der Waals surface area (Å²) < 4.78 is 11.0. The summed E-state index contributed by atoms with van der Waals surface area (Å²) in [5, 5.41) is 12.0. The quantitative estimate of drug-likeness (QED) is 0.219. The molecule has 5 rings (SSSR count). The molecule has 0 unspecified atom stereocenters. The number of alkyl carbamates (subject to hydrolysis) is 1. The molecule has 0 aromatic heterocycles. The summed E-state index contributed by atoms with van der Waals surface area (Å²) in [6.45, 7) is -0.681. The van der Waals surface area contributed by atoms with Crippen molar-refractivity contribution in [1.29, 1.82) is 0 Å². The Balaban J connectivity index is 1.31. The van der Waals surface area contributed by atoms with Crippen molar-refractivity contribution in [3.63, 3.8) is 0 Å². The molecule has 0 fully saturated rings. The van der Waals surface area contributed by atoms with Gasteiger partial charge in [-0.05, 0) is 33.4 Å². The Morgan fingerprint density at radius 1 is 0.727 bits per heavy atom. The molecular formula is C35H32N2O7. The second-order valence-corrected chi connectivity index (χ2v) is 10.4. The molecule has 1 atom stereocenters. The number of nitrogens with zero attached hydrogens (tertiary/aromatic N) is 1. The highest BCUT2D eigenvalue weighted by Crippen LogP contribution is 2.44. The Morgan fingerprint density at radius 3 is 1.86 bits per heavy atom. The van der Waals surface area contributed by atoms with Crippen molar-refractivity contribution in [2.45, 2.75) is 31.5 Å². The highest BCUT2D eigenvalue weighted by molar-refractivity contribution is 5.91. The molecule has 1 aliphatic carbocycles. The molecule has 2 amide bonds. The first kappa shape index (κ1) is 30.0. The zero-order chi connectivity index (χ0) is 30.9. The van der Waals surface area contributed by atoms with Gasteiger partial charge in [-0.15, -0.1) is 0 Å². The topological polar surface area (TPSA) is 122 Å². The minimum absolute atomic E-state index is 0.00206. The fourth-order valence-corrected chi connectivity index (χ4v) is 5.35. The molecule has 0 aliphatic heterocycles. The first-order valence-corrected chi connectivity index (χ1v) is 14.2. The fourth-order valence-electron chi connectivity index (χ4n) is 5.35. The van der Waals surface area contributed by atoms with E-state index in [1.165, 1.54) is 0 Å². The summed E-state index contributed by atoms with van der Waals surface area (Å²) in [5.41, 5.74) is 5.62. The molecule has 4 aromatic carbocycles. The van der Waals surface area contributed by atoms with Crippen molar-refractivity contribution in [2.75, 3.05) is 13.2 Å². The van der Waals surface area contributed by atoms with Crippen LogP contribution in [0.5, 0.6) is 0 Å². The second kappa shape index (κ2) is 14.2. The molecule has 224 valence electrons. The largest absolute Gasteiger partial charge is 0.480 e. The third kappa shape index (κ3) is 7.49. The van der Waals surface area contributed by atoms with Gasteiger partial charge in [0.1, 0.15) is 25.8 Å². The molecule has 2 N–H and O–H groups in total. The first-order chi connectivity index (χ1) is 21.4. The number of esters is 1. The maximum absolute atomic E-state index is 13.7. The van der Waals surface area contributed by atoms with Gasteiger partial charge < -0.3 is 24.8 Å². The van der Waals surface area contributed by atoms with Gasteiger partial charge in [0.2, 0.25) is 5.91 Å². The Morgan fingerprint density at radius 2 is 1.27 bits per heavy atom. The van der Waals surface area contributed by atoms with Crippen LogP contribution in [0.4, 0.5) is 4.79 Å². The Hall–Kier alpha value is -5.44. The highest BCUT2D eigenvalue weighted by atomic mass is 16.5. The van der Waals surface area contributed by atoms with Gasteiger partial charge in [0, 0.05) is 12.5 Å². The molecule has 0 saturated carbocycles. The lowest BCUT2D eigenvalue weighted by Gasteiger charge is -2.26. The number of carbonyl (C=O) groups excluding carboxylic acids is 3. The second-order valence-electron chi connectivity index (χ2n) is 10.4. The number of benzene rings is 4. The molecular weight excluding hydrogens is 560 g/mol. The lowest BCUT2D eigenvalue weighted by Crippen LogP contribution is -2.50. The van der Waals surface area contributed by atoms with Gasteiger partial charge in [0.25, 0.3) is 0 Å². The summed E-state index contributed by atoms with van der Waals surface area (Å²) in [5.74, 6) is -2.93. The molecule has 0 heterocycles. The van der Waals surface area contributed by atoms with Crippen molar-refractivity contribution in [3.8, 4) is 11.1 Å². The van der Waals surface area contributed by atoms with E-state index in [0.717, 1.165) is 32.7 Å². The summed E-state index contributed by atoms with van der Waals surface area (Å²) in [7, 11) is 0. The van der Waals surface area contributed by atoms with Gasteiger partial charge >= 0.3 is 18.0 Å². The first-order valence-electron chi connectivity index (χ1n) is 14.2. The lowest BCUT2D eigenvalue weighted by atomic mass is 9.98. The van der Waals surface area contributed by atoms with Gasteiger partial charge in [-0.2, -0.15) is 0 Å². The lowest BCUT2D eigenvalue weighted by molar-refractivity contribution is -0.150. The van der Waals surface area contributed by atoms with Crippen LogP contribution in [0.25, 0.3) is 11.1 Å². The molecule has 1 aliphatic rings. The molecule has 9 heteroatoms. The van der Waals surface area contributed by atoms with Crippen LogP contribution >= 0.6 is 0 Å². The number of nitrogens with one attached hydrogen (secondary N) is 1. The monoisotopic (exact) mass is 592 g/mol. The minimum atomic E-state index is -1.42. The fraction of sp³-hybridized carbons (Fsp3) is 0.200. The van der Waals surface area contributed by atoms with Crippen LogP contribution in [0.1, 0.15) is 34.6 Å². The van der Waals surface area contributed by atoms with Gasteiger partial charge in [-0.1, -0.05) is 109 Å². The number of hydrogen-bond acceptors (Lipinski definition) is 6. The van der Waals surface area contributed by atoms with E-state index in [1.54, 1.807) is 42.5 Å². The zero-order valence-electron chi connectivity index (χ0n) is 23.9. The van der Waals surface area contributed by atoms with Crippen LogP contribution in [-0.4, -0.2) is 53.1 Å². The van der Waals surface area contributed by atoms with Crippen LogP contribution in [0, 0.1) is 0 Å². The number of carboxylic acids is 1. The van der Waals surface area contributed by atoms with E-state index in [0.29, 0.717) is 5.56 Å². The maximum atomic E-state index is 13.7. The van der Waals surface area contributed by atoms with E-state index in [9.17, 15) is 24.3 Å². The zero-order valence-corrected chi connectivity index (χ0v) is 23.9. The van der Waals surface area contributed by atoms with Crippen molar-refractivity contribution in [2.24, 2.45) is 0 Å². The highest BCUT2D eigenvalue weighted by Gasteiger charge is 2.32.